The third-order valence-corrected chi connectivity index (χ3v) is 2.86. The quantitative estimate of drug-likeness (QED) is 0.789. The molecule has 0 fully saturated rings. The minimum atomic E-state index is 0.751. The van der Waals surface area contributed by atoms with Gasteiger partial charge in [-0.2, -0.15) is 0 Å². The summed E-state index contributed by atoms with van der Waals surface area (Å²) in [5.41, 5.74) is 0. The van der Waals surface area contributed by atoms with E-state index in [-0.39, 0.29) is 0 Å². The van der Waals surface area contributed by atoms with Crippen molar-refractivity contribution in [2.45, 2.75) is 6.92 Å². The van der Waals surface area contributed by atoms with E-state index in [4.69, 9.17) is 0 Å². The summed E-state index contributed by atoms with van der Waals surface area (Å²) in [6, 6.07) is 0. The lowest BCUT2D eigenvalue weighted by Gasteiger charge is -1.94. The van der Waals surface area contributed by atoms with Crippen molar-refractivity contribution in [3.8, 4) is 10.8 Å². The molecule has 2 aromatic heterocycles. The van der Waals surface area contributed by atoms with Gasteiger partial charge < -0.3 is 9.88 Å². The molecule has 2 rings (SSSR count). The molecule has 0 atom stereocenters. The second kappa shape index (κ2) is 3.33. The van der Waals surface area contributed by atoms with Gasteiger partial charge in [0.1, 0.15) is 5.82 Å². The molecule has 0 saturated heterocycles. The number of nitrogens with one attached hydrogen (secondary N) is 1. The van der Waals surface area contributed by atoms with Crippen molar-refractivity contribution in [1.82, 2.24) is 25.0 Å². The highest BCUT2D eigenvalue weighted by Gasteiger charge is 2.12. The Bertz CT molecular complexity index is 445. The van der Waals surface area contributed by atoms with Crippen LogP contribution in [0, 0.1) is 6.92 Å². The molecular weight excluding hydrogens is 200 g/mol. The first-order valence-electron chi connectivity index (χ1n) is 4.10. The number of hydrogen-bond donors (Lipinski definition) is 1. The Morgan fingerprint density at radius 2 is 2.00 bits per heavy atom. The molecule has 7 heteroatoms. The SMILES string of the molecule is CNc1nnc(-c2nnc(C)n2C)s1. The third kappa shape index (κ3) is 1.35. The van der Waals surface area contributed by atoms with Gasteiger partial charge in [-0.3, -0.25) is 0 Å². The van der Waals surface area contributed by atoms with Crippen molar-refractivity contribution in [1.29, 1.82) is 0 Å². The number of hydrogen-bond acceptors (Lipinski definition) is 6. The summed E-state index contributed by atoms with van der Waals surface area (Å²) in [6.45, 7) is 1.90. The lowest BCUT2D eigenvalue weighted by molar-refractivity contribution is 0.861. The van der Waals surface area contributed by atoms with Crippen LogP contribution >= 0.6 is 11.3 Å². The molecule has 0 aromatic carbocycles. The van der Waals surface area contributed by atoms with E-state index in [9.17, 15) is 0 Å². The summed E-state index contributed by atoms with van der Waals surface area (Å²) >= 11 is 1.46. The fourth-order valence-electron chi connectivity index (χ4n) is 1.01. The van der Waals surface area contributed by atoms with Gasteiger partial charge in [-0.05, 0) is 6.92 Å². The van der Waals surface area contributed by atoms with Gasteiger partial charge in [-0.1, -0.05) is 11.3 Å². The summed E-state index contributed by atoms with van der Waals surface area (Å²) in [5.74, 6) is 1.61. The standard InChI is InChI=1S/C7H10N6S/c1-4-9-10-5(13(4)3)6-11-12-7(8-2)14-6/h1-3H3,(H,8,12). The zero-order valence-electron chi connectivity index (χ0n) is 8.14. The molecule has 2 heterocycles. The van der Waals surface area contributed by atoms with Gasteiger partial charge >= 0.3 is 0 Å². The highest BCUT2D eigenvalue weighted by molar-refractivity contribution is 7.18. The van der Waals surface area contributed by atoms with Crippen LogP contribution in [0.2, 0.25) is 0 Å². The van der Waals surface area contributed by atoms with Crippen molar-refractivity contribution >= 4 is 16.5 Å². The van der Waals surface area contributed by atoms with Crippen molar-refractivity contribution in [3.63, 3.8) is 0 Å². The topological polar surface area (TPSA) is 68.5 Å². The van der Waals surface area contributed by atoms with E-state index in [2.05, 4.69) is 25.7 Å². The van der Waals surface area contributed by atoms with E-state index in [0.29, 0.717) is 0 Å². The zero-order chi connectivity index (χ0) is 10.1. The molecule has 0 radical (unpaired) electrons. The molecule has 0 aliphatic rings. The summed E-state index contributed by atoms with van der Waals surface area (Å²) in [4.78, 5) is 0. The molecule has 0 amide bonds. The Labute approximate surface area is 85.0 Å². The maximum atomic E-state index is 4.03. The molecule has 1 N–H and O–H groups in total. The first-order valence-corrected chi connectivity index (χ1v) is 4.91. The van der Waals surface area contributed by atoms with Crippen molar-refractivity contribution < 1.29 is 0 Å². The highest BCUT2D eigenvalue weighted by atomic mass is 32.1. The third-order valence-electron chi connectivity index (χ3n) is 1.92. The molecule has 0 aliphatic heterocycles. The van der Waals surface area contributed by atoms with Crippen LogP contribution in [0.15, 0.2) is 0 Å². The number of aromatic nitrogens is 5. The van der Waals surface area contributed by atoms with Crippen LogP contribution in [0.1, 0.15) is 5.82 Å². The lowest BCUT2D eigenvalue weighted by Crippen LogP contribution is -1.94. The summed E-state index contributed by atoms with van der Waals surface area (Å²) in [6.07, 6.45) is 0. The molecule has 6 nitrogen and oxygen atoms in total. The first kappa shape index (κ1) is 9.07. The largest absolute Gasteiger partial charge is 0.363 e. The van der Waals surface area contributed by atoms with Gasteiger partial charge in [-0.15, -0.1) is 20.4 Å². The van der Waals surface area contributed by atoms with E-state index in [1.807, 2.05) is 25.6 Å². The Hall–Kier alpha value is -1.50. The molecule has 0 unspecified atom stereocenters. The smallest absolute Gasteiger partial charge is 0.205 e. The minimum Gasteiger partial charge on any atom is -0.363 e. The maximum Gasteiger partial charge on any atom is 0.205 e. The molecule has 0 bridgehead atoms. The van der Waals surface area contributed by atoms with E-state index in [0.717, 1.165) is 21.8 Å². The van der Waals surface area contributed by atoms with E-state index >= 15 is 0 Å². The monoisotopic (exact) mass is 210 g/mol. The fourth-order valence-corrected chi connectivity index (χ4v) is 1.73. The van der Waals surface area contributed by atoms with Crippen LogP contribution in [0.25, 0.3) is 10.8 Å². The van der Waals surface area contributed by atoms with Gasteiger partial charge in [0.05, 0.1) is 0 Å². The Morgan fingerprint density at radius 1 is 1.21 bits per heavy atom. The molecule has 0 spiro atoms. The van der Waals surface area contributed by atoms with Gasteiger partial charge in [0, 0.05) is 14.1 Å². The summed E-state index contributed by atoms with van der Waals surface area (Å²) in [7, 11) is 3.72. The maximum absolute atomic E-state index is 4.03. The average Bonchev–Trinajstić information content (AvgIpc) is 2.75. The number of anilines is 1. The average molecular weight is 210 g/mol. The Balaban J connectivity index is 2.44. The highest BCUT2D eigenvalue weighted by Crippen LogP contribution is 2.23. The van der Waals surface area contributed by atoms with Crippen LogP contribution in [0.4, 0.5) is 5.13 Å². The molecule has 2 aromatic rings. The zero-order valence-corrected chi connectivity index (χ0v) is 8.96. The van der Waals surface area contributed by atoms with Crippen LogP contribution in [0.5, 0.6) is 0 Å². The van der Waals surface area contributed by atoms with Crippen LogP contribution in [-0.4, -0.2) is 32.0 Å². The molecule has 14 heavy (non-hydrogen) atoms. The van der Waals surface area contributed by atoms with Crippen molar-refractivity contribution in [2.24, 2.45) is 7.05 Å². The van der Waals surface area contributed by atoms with Gasteiger partial charge in [-0.25, -0.2) is 0 Å². The fraction of sp³-hybridized carbons (Fsp3) is 0.429. The number of rotatable bonds is 2. The van der Waals surface area contributed by atoms with E-state index < -0.39 is 0 Å². The second-order valence-corrected chi connectivity index (χ2v) is 3.77. The lowest BCUT2D eigenvalue weighted by atomic mass is 10.6. The molecule has 74 valence electrons. The van der Waals surface area contributed by atoms with E-state index in [1.165, 1.54) is 11.3 Å². The number of nitrogens with zero attached hydrogens (tertiary/aromatic N) is 5. The van der Waals surface area contributed by atoms with Crippen molar-refractivity contribution in [2.75, 3.05) is 12.4 Å². The van der Waals surface area contributed by atoms with Crippen molar-refractivity contribution in [3.05, 3.63) is 5.82 Å². The van der Waals surface area contributed by atoms with Crippen LogP contribution < -0.4 is 5.32 Å². The minimum absolute atomic E-state index is 0.751. The predicted molar refractivity (Wildman–Crippen MR) is 54.2 cm³/mol. The predicted octanol–water partition coefficient (Wildman–Crippen LogP) is 0.684. The first-order chi connectivity index (χ1) is 6.72. The Kier molecular flexibility index (Phi) is 2.16. The van der Waals surface area contributed by atoms with Gasteiger partial charge in [0.15, 0.2) is 10.8 Å². The number of aryl methyl sites for hydroxylation is 1. The van der Waals surface area contributed by atoms with Crippen LogP contribution in [0.3, 0.4) is 0 Å². The second-order valence-electron chi connectivity index (χ2n) is 2.79. The molecular formula is C7H10N6S. The molecule has 0 aliphatic carbocycles. The van der Waals surface area contributed by atoms with E-state index in [1.54, 1.807) is 0 Å². The summed E-state index contributed by atoms with van der Waals surface area (Å²) in [5, 5.41) is 20.4. The normalized spacial score (nSPS) is 10.5. The van der Waals surface area contributed by atoms with Gasteiger partial charge in [0.2, 0.25) is 5.13 Å². The molecule has 0 saturated carbocycles. The van der Waals surface area contributed by atoms with Gasteiger partial charge in [0.25, 0.3) is 0 Å². The summed E-state index contributed by atoms with van der Waals surface area (Å²) < 4.78 is 1.89. The Morgan fingerprint density at radius 3 is 2.50 bits per heavy atom. The van der Waals surface area contributed by atoms with Crippen LogP contribution in [-0.2, 0) is 7.05 Å².